The van der Waals surface area contributed by atoms with Crippen LogP contribution in [0.5, 0.6) is 0 Å². The Bertz CT molecular complexity index is 474. The summed E-state index contributed by atoms with van der Waals surface area (Å²) in [5.41, 5.74) is 1.10. The van der Waals surface area contributed by atoms with Crippen LogP contribution < -0.4 is 4.90 Å². The molecule has 0 saturated heterocycles. The van der Waals surface area contributed by atoms with E-state index in [0.29, 0.717) is 12.4 Å². The Morgan fingerprint density at radius 2 is 1.83 bits per heavy atom. The van der Waals surface area contributed by atoms with Gasteiger partial charge in [-0.05, 0) is 35.9 Å². The molecule has 96 valence electrons. The van der Waals surface area contributed by atoms with E-state index < -0.39 is 11.7 Å². The molecule has 1 heterocycles. The fourth-order valence-corrected chi connectivity index (χ4v) is 1.86. The van der Waals surface area contributed by atoms with Gasteiger partial charge in [-0.15, -0.1) is 11.6 Å². The number of benzene rings is 1. The van der Waals surface area contributed by atoms with Crippen LogP contribution >= 0.6 is 11.6 Å². The Hall–Kier alpha value is -1.42. The molecule has 0 aliphatic carbocycles. The van der Waals surface area contributed by atoms with Crippen LogP contribution in [-0.2, 0) is 6.18 Å². The van der Waals surface area contributed by atoms with Crippen molar-refractivity contribution in [2.45, 2.75) is 6.18 Å². The Labute approximate surface area is 108 Å². The zero-order valence-electron chi connectivity index (χ0n) is 9.41. The van der Waals surface area contributed by atoms with Gasteiger partial charge >= 0.3 is 6.18 Å². The first-order valence-corrected chi connectivity index (χ1v) is 5.91. The van der Waals surface area contributed by atoms with Crippen molar-refractivity contribution in [2.75, 3.05) is 17.3 Å². The van der Waals surface area contributed by atoms with E-state index in [-0.39, 0.29) is 0 Å². The number of halogens is 4. The molecule has 1 aromatic rings. The van der Waals surface area contributed by atoms with E-state index in [9.17, 15) is 13.2 Å². The highest BCUT2D eigenvalue weighted by Gasteiger charge is 2.30. The molecular formula is C13H11ClF3N. The topological polar surface area (TPSA) is 3.24 Å². The van der Waals surface area contributed by atoms with Gasteiger partial charge in [0.25, 0.3) is 0 Å². The van der Waals surface area contributed by atoms with Crippen molar-refractivity contribution < 1.29 is 13.2 Å². The van der Waals surface area contributed by atoms with Gasteiger partial charge in [-0.1, -0.05) is 6.08 Å². The molecule has 0 N–H and O–H groups in total. The first-order valence-electron chi connectivity index (χ1n) is 5.38. The highest BCUT2D eigenvalue weighted by molar-refractivity contribution is 6.19. The molecule has 0 spiro atoms. The van der Waals surface area contributed by atoms with E-state index in [0.717, 1.165) is 23.4 Å². The van der Waals surface area contributed by atoms with Crippen LogP contribution in [0, 0.1) is 0 Å². The molecule has 1 aliphatic heterocycles. The maximum atomic E-state index is 12.4. The zero-order valence-corrected chi connectivity index (χ0v) is 10.2. The highest BCUT2D eigenvalue weighted by atomic mass is 35.5. The molecule has 1 aromatic carbocycles. The molecule has 0 fully saturated rings. The second kappa shape index (κ2) is 5.06. The molecule has 5 heteroatoms. The predicted molar refractivity (Wildman–Crippen MR) is 66.7 cm³/mol. The number of hydrogen-bond donors (Lipinski definition) is 0. The van der Waals surface area contributed by atoms with Gasteiger partial charge in [0.1, 0.15) is 0 Å². The lowest BCUT2D eigenvalue weighted by Gasteiger charge is -2.22. The summed E-state index contributed by atoms with van der Waals surface area (Å²) in [6, 6.07) is 5.10. The van der Waals surface area contributed by atoms with E-state index in [2.05, 4.69) is 0 Å². The SMILES string of the molecule is FC(F)(F)c1ccc(N2C=CC(CCl)=CC2)cc1. The molecule has 0 atom stereocenters. The second-order valence-corrected chi connectivity index (χ2v) is 4.19. The van der Waals surface area contributed by atoms with E-state index in [1.165, 1.54) is 12.1 Å². The largest absolute Gasteiger partial charge is 0.416 e. The van der Waals surface area contributed by atoms with Crippen molar-refractivity contribution in [3.05, 3.63) is 53.8 Å². The summed E-state index contributed by atoms with van der Waals surface area (Å²) >= 11 is 5.68. The maximum Gasteiger partial charge on any atom is 0.416 e. The van der Waals surface area contributed by atoms with Crippen molar-refractivity contribution in [3.8, 4) is 0 Å². The smallest absolute Gasteiger partial charge is 0.344 e. The number of hydrogen-bond acceptors (Lipinski definition) is 1. The summed E-state index contributed by atoms with van der Waals surface area (Å²) in [6.45, 7) is 0.615. The lowest BCUT2D eigenvalue weighted by Crippen LogP contribution is -2.19. The number of alkyl halides is 4. The molecule has 1 aliphatic rings. The minimum Gasteiger partial charge on any atom is -0.344 e. The monoisotopic (exact) mass is 273 g/mol. The van der Waals surface area contributed by atoms with Crippen LogP contribution in [0.3, 0.4) is 0 Å². The molecule has 18 heavy (non-hydrogen) atoms. The summed E-state index contributed by atoms with van der Waals surface area (Å²) in [5, 5.41) is 0. The summed E-state index contributed by atoms with van der Waals surface area (Å²) in [4.78, 5) is 1.86. The standard InChI is InChI=1S/C13H11ClF3N/c14-9-10-5-7-18(8-6-10)12-3-1-11(2-4-12)13(15,16)17/h1-7H,8-9H2. The molecule has 0 saturated carbocycles. The third-order valence-corrected chi connectivity index (χ3v) is 3.01. The normalized spacial score (nSPS) is 15.8. The lowest BCUT2D eigenvalue weighted by atomic mass is 10.1. The Morgan fingerprint density at radius 3 is 2.28 bits per heavy atom. The minimum absolute atomic E-state index is 0.442. The number of anilines is 1. The minimum atomic E-state index is -4.29. The molecular weight excluding hydrogens is 263 g/mol. The summed E-state index contributed by atoms with van der Waals surface area (Å²) in [7, 11) is 0. The molecule has 0 unspecified atom stereocenters. The van der Waals surface area contributed by atoms with E-state index in [1.807, 2.05) is 23.3 Å². The summed E-state index contributed by atoms with van der Waals surface area (Å²) < 4.78 is 37.2. The molecule has 1 nitrogen and oxygen atoms in total. The third kappa shape index (κ3) is 2.88. The van der Waals surface area contributed by atoms with Crippen LogP contribution in [0.4, 0.5) is 18.9 Å². The third-order valence-electron chi connectivity index (χ3n) is 2.70. The summed E-state index contributed by atoms with van der Waals surface area (Å²) in [5.74, 6) is 0.442. The van der Waals surface area contributed by atoms with Crippen LogP contribution in [0.1, 0.15) is 5.56 Å². The Balaban J connectivity index is 2.13. The number of allylic oxidation sites excluding steroid dienone is 2. The van der Waals surface area contributed by atoms with E-state index in [4.69, 9.17) is 11.6 Å². The first-order chi connectivity index (χ1) is 8.50. The quantitative estimate of drug-likeness (QED) is 0.730. The van der Waals surface area contributed by atoms with Crippen LogP contribution in [-0.4, -0.2) is 12.4 Å². The molecule has 0 bridgehead atoms. The Kier molecular flexibility index (Phi) is 3.66. The predicted octanol–water partition coefficient (Wildman–Crippen LogP) is 4.20. The average Bonchev–Trinajstić information content (AvgIpc) is 2.38. The Morgan fingerprint density at radius 1 is 1.17 bits per heavy atom. The van der Waals surface area contributed by atoms with Crippen molar-refractivity contribution in [1.29, 1.82) is 0 Å². The lowest BCUT2D eigenvalue weighted by molar-refractivity contribution is -0.137. The molecule has 0 amide bonds. The second-order valence-electron chi connectivity index (χ2n) is 3.93. The van der Waals surface area contributed by atoms with Gasteiger partial charge < -0.3 is 4.90 Å². The number of rotatable bonds is 2. The maximum absolute atomic E-state index is 12.4. The number of nitrogens with zero attached hydrogens (tertiary/aromatic N) is 1. The van der Waals surface area contributed by atoms with Crippen molar-refractivity contribution in [1.82, 2.24) is 0 Å². The highest BCUT2D eigenvalue weighted by Crippen LogP contribution is 2.30. The zero-order chi connectivity index (χ0) is 13.2. The molecule has 2 rings (SSSR count). The van der Waals surface area contributed by atoms with Crippen LogP contribution in [0.2, 0.25) is 0 Å². The van der Waals surface area contributed by atoms with Crippen LogP contribution in [0.25, 0.3) is 0 Å². The fraction of sp³-hybridized carbons (Fsp3) is 0.231. The van der Waals surface area contributed by atoms with Gasteiger partial charge in [-0.25, -0.2) is 0 Å². The van der Waals surface area contributed by atoms with Gasteiger partial charge in [-0.3, -0.25) is 0 Å². The van der Waals surface area contributed by atoms with Crippen molar-refractivity contribution >= 4 is 17.3 Å². The van der Waals surface area contributed by atoms with E-state index >= 15 is 0 Å². The van der Waals surface area contributed by atoms with Gasteiger partial charge in [0, 0.05) is 24.3 Å². The fourth-order valence-electron chi connectivity index (χ4n) is 1.66. The van der Waals surface area contributed by atoms with E-state index in [1.54, 1.807) is 0 Å². The van der Waals surface area contributed by atoms with Crippen molar-refractivity contribution in [2.24, 2.45) is 0 Å². The van der Waals surface area contributed by atoms with Crippen LogP contribution in [0.15, 0.2) is 48.2 Å². The van der Waals surface area contributed by atoms with Gasteiger partial charge in [0.05, 0.1) is 5.56 Å². The van der Waals surface area contributed by atoms with Gasteiger partial charge in [-0.2, -0.15) is 13.2 Å². The average molecular weight is 274 g/mol. The van der Waals surface area contributed by atoms with Gasteiger partial charge in [0.2, 0.25) is 0 Å². The van der Waals surface area contributed by atoms with Crippen molar-refractivity contribution in [3.63, 3.8) is 0 Å². The molecule has 0 aromatic heterocycles. The summed E-state index contributed by atoms with van der Waals surface area (Å²) in [6.07, 6.45) is 1.33. The molecule has 0 radical (unpaired) electrons. The van der Waals surface area contributed by atoms with Gasteiger partial charge in [0.15, 0.2) is 0 Å². The first kappa shape index (κ1) is 13.0.